The summed E-state index contributed by atoms with van der Waals surface area (Å²) in [4.78, 5) is 56.8. The third-order valence-corrected chi connectivity index (χ3v) is 12.5. The molecule has 2 fully saturated rings. The lowest BCUT2D eigenvalue weighted by molar-refractivity contribution is -0.162. The summed E-state index contributed by atoms with van der Waals surface area (Å²) in [6.45, 7) is 12.9. The molecule has 3 N–H and O–H groups in total. The summed E-state index contributed by atoms with van der Waals surface area (Å²) in [6, 6.07) is 2.57. The number of amides is 3. The lowest BCUT2D eigenvalue weighted by Crippen LogP contribution is -2.63. The highest BCUT2D eigenvalue weighted by atomic mass is 35.5. The smallest absolute Gasteiger partial charge is 0.409 e. The van der Waals surface area contributed by atoms with Crippen molar-refractivity contribution in [3.8, 4) is 0 Å². The first kappa shape index (κ1) is 44.6. The van der Waals surface area contributed by atoms with E-state index in [1.54, 1.807) is 70.9 Å². The Morgan fingerprint density at radius 1 is 1.22 bits per heavy atom. The summed E-state index contributed by atoms with van der Waals surface area (Å²) < 4.78 is 23.7. The standard InChI is InChI=1S/C40H58ClN3O10S/c1-22(2)55-24(4)14-15-33(46)43(8)26(6)37(48)53-32-19-34(47)44(9)29-18-27(17-28(21-45)35(29)41)16-23(3)12-11-13-31(51-10)40(50)20-30(52-38(49)42-40)25(5)36-39(32,7)54-36/h11-13,17-18,22,24-26,30-32,36,45,50H,14-16,19-21H2,1-10H3,(H,42,49)/b13-11+,23-12+/t24?,25-,26+,30+,31-,32+,36+,39+,40+/m1/s1. The highest BCUT2D eigenvalue weighted by molar-refractivity contribution is 8.00. The van der Waals surface area contributed by atoms with E-state index in [-0.39, 0.29) is 42.0 Å². The van der Waals surface area contributed by atoms with Gasteiger partial charge in [-0.3, -0.25) is 14.9 Å². The van der Waals surface area contributed by atoms with Gasteiger partial charge in [0.25, 0.3) is 0 Å². The predicted molar refractivity (Wildman–Crippen MR) is 212 cm³/mol. The number of hydrogen-bond donors (Lipinski definition) is 3. The van der Waals surface area contributed by atoms with Crippen molar-refractivity contribution in [2.24, 2.45) is 5.92 Å². The maximum Gasteiger partial charge on any atom is 0.409 e. The minimum atomic E-state index is -1.83. The molecule has 3 amide bonds. The normalized spacial score (nSPS) is 31.3. The number of benzene rings is 1. The number of likely N-dealkylation sites (N-methyl/N-ethyl adjacent to an activating group) is 1. The SMILES string of the molecule is CO[C@@H]1/C=C/C=C(\C)Cc2cc(CO)c(Cl)c(c2)N(C)C(=O)C[C@H](OC(=O)[C@H](C)N(C)C(=O)CCC(C)SC(C)C)[C@]2(C)O[C@H]2[C@H](C)[C@@H]2C[C@@]1(O)NC(=O)O2. The molecule has 1 unspecified atom stereocenters. The average Bonchev–Trinajstić information content (AvgIpc) is 3.82. The number of carbonyl (C=O) groups is 4. The molecule has 3 heterocycles. The van der Waals surface area contributed by atoms with Gasteiger partial charge in [0.2, 0.25) is 11.8 Å². The number of halogens is 1. The topological polar surface area (TPSA) is 167 Å². The van der Waals surface area contributed by atoms with Gasteiger partial charge in [-0.05, 0) is 56.1 Å². The highest BCUT2D eigenvalue weighted by Crippen LogP contribution is 2.49. The number of epoxide rings is 1. The van der Waals surface area contributed by atoms with Crippen LogP contribution in [0.15, 0.2) is 35.9 Å². The van der Waals surface area contributed by atoms with Crippen LogP contribution in [-0.4, -0.2) is 112 Å². The van der Waals surface area contributed by atoms with E-state index >= 15 is 0 Å². The van der Waals surface area contributed by atoms with Crippen molar-refractivity contribution < 1.29 is 48.3 Å². The van der Waals surface area contributed by atoms with Gasteiger partial charge in [-0.1, -0.05) is 69.2 Å². The Morgan fingerprint density at radius 2 is 1.91 bits per heavy atom. The monoisotopic (exact) mass is 807 g/mol. The van der Waals surface area contributed by atoms with Crippen molar-refractivity contribution in [2.45, 2.75) is 139 Å². The summed E-state index contributed by atoms with van der Waals surface area (Å²) in [5.41, 5.74) is -0.580. The van der Waals surface area contributed by atoms with E-state index in [9.17, 15) is 29.4 Å². The number of rotatable bonds is 10. The first-order valence-corrected chi connectivity index (χ1v) is 20.1. The summed E-state index contributed by atoms with van der Waals surface area (Å²) in [5, 5.41) is 25.3. The van der Waals surface area contributed by atoms with Gasteiger partial charge in [-0.15, -0.1) is 0 Å². The highest BCUT2D eigenvalue weighted by Gasteiger charge is 2.64. The van der Waals surface area contributed by atoms with E-state index in [0.29, 0.717) is 29.3 Å². The zero-order valence-electron chi connectivity index (χ0n) is 33.6. The predicted octanol–water partition coefficient (Wildman–Crippen LogP) is 5.31. The number of esters is 1. The van der Waals surface area contributed by atoms with E-state index in [2.05, 4.69) is 26.1 Å². The first-order chi connectivity index (χ1) is 25.7. The van der Waals surface area contributed by atoms with Crippen LogP contribution < -0.4 is 10.2 Å². The number of methoxy groups -OCH3 is 1. The van der Waals surface area contributed by atoms with Crippen LogP contribution in [-0.2, 0) is 46.4 Å². The van der Waals surface area contributed by atoms with Crippen LogP contribution in [0.4, 0.5) is 10.5 Å². The van der Waals surface area contributed by atoms with E-state index in [1.807, 2.05) is 13.0 Å². The number of thioether (sulfide) groups is 1. The summed E-state index contributed by atoms with van der Waals surface area (Å²) in [6.07, 6.45) is 1.73. The van der Waals surface area contributed by atoms with E-state index in [1.165, 1.54) is 16.9 Å². The van der Waals surface area contributed by atoms with Crippen LogP contribution in [0.3, 0.4) is 0 Å². The number of aliphatic hydroxyl groups is 2. The zero-order chi connectivity index (χ0) is 41.0. The van der Waals surface area contributed by atoms with Gasteiger partial charge in [-0.25, -0.2) is 9.59 Å². The third-order valence-electron chi connectivity index (χ3n) is 10.9. The van der Waals surface area contributed by atoms with Crippen LogP contribution in [0.25, 0.3) is 0 Å². The number of allylic oxidation sites excluding steroid dienone is 3. The fourth-order valence-electron chi connectivity index (χ4n) is 7.31. The average molecular weight is 808 g/mol. The van der Waals surface area contributed by atoms with Crippen LogP contribution in [0.2, 0.25) is 5.02 Å². The summed E-state index contributed by atoms with van der Waals surface area (Å²) >= 11 is 8.53. The Kier molecular flexibility index (Phi) is 14.9. The van der Waals surface area contributed by atoms with Gasteiger partial charge in [-0.2, -0.15) is 11.8 Å². The number of nitrogens with zero attached hydrogens (tertiary/aromatic N) is 2. The van der Waals surface area contributed by atoms with Crippen LogP contribution in [0.1, 0.15) is 85.3 Å². The number of aliphatic hydroxyl groups excluding tert-OH is 1. The van der Waals surface area contributed by atoms with Crippen molar-refractivity contribution in [1.82, 2.24) is 10.2 Å². The molecule has 2 saturated heterocycles. The van der Waals surface area contributed by atoms with Crippen molar-refractivity contribution in [3.63, 3.8) is 0 Å². The van der Waals surface area contributed by atoms with Crippen molar-refractivity contribution in [2.75, 3.05) is 26.1 Å². The first-order valence-electron chi connectivity index (χ1n) is 18.8. The van der Waals surface area contributed by atoms with Gasteiger partial charge in [0.15, 0.2) is 5.72 Å². The Morgan fingerprint density at radius 3 is 2.55 bits per heavy atom. The Bertz CT molecular complexity index is 1660. The lowest BCUT2D eigenvalue weighted by Gasteiger charge is -2.42. The van der Waals surface area contributed by atoms with Gasteiger partial charge in [0.05, 0.1) is 29.8 Å². The maximum absolute atomic E-state index is 14.2. The Balaban J connectivity index is 1.70. The second-order valence-electron chi connectivity index (χ2n) is 15.6. The minimum Gasteiger partial charge on any atom is -0.457 e. The van der Waals surface area contributed by atoms with E-state index < -0.39 is 65.7 Å². The fourth-order valence-corrected chi connectivity index (χ4v) is 8.79. The molecule has 306 valence electrons. The van der Waals surface area contributed by atoms with Gasteiger partial charge < -0.3 is 39.0 Å². The Labute approximate surface area is 334 Å². The molecule has 0 aliphatic carbocycles. The van der Waals surface area contributed by atoms with Gasteiger partial charge in [0, 0.05) is 45.2 Å². The van der Waals surface area contributed by atoms with E-state index in [0.717, 1.165) is 11.1 Å². The molecule has 55 heavy (non-hydrogen) atoms. The van der Waals surface area contributed by atoms with E-state index in [4.69, 9.17) is 30.5 Å². The molecule has 0 spiro atoms. The third kappa shape index (κ3) is 10.6. The number of carbonyl (C=O) groups excluding carboxylic acids is 4. The zero-order valence-corrected chi connectivity index (χ0v) is 35.2. The van der Waals surface area contributed by atoms with Crippen LogP contribution in [0.5, 0.6) is 0 Å². The number of alkyl carbamates (subject to hydrolysis) is 1. The molecule has 0 aromatic heterocycles. The molecule has 3 aliphatic rings. The largest absolute Gasteiger partial charge is 0.457 e. The summed E-state index contributed by atoms with van der Waals surface area (Å²) in [7, 11) is 4.54. The minimum absolute atomic E-state index is 0.0555. The van der Waals surface area contributed by atoms with Crippen molar-refractivity contribution in [3.05, 3.63) is 52.1 Å². The second-order valence-corrected chi connectivity index (χ2v) is 18.0. The molecule has 15 heteroatoms. The van der Waals surface area contributed by atoms with Crippen LogP contribution >= 0.6 is 23.4 Å². The fraction of sp³-hybridized carbons (Fsp3) is 0.650. The Hall–Kier alpha value is -3.14. The molecular weight excluding hydrogens is 750 g/mol. The molecule has 4 rings (SSSR count). The van der Waals surface area contributed by atoms with Crippen LogP contribution in [0, 0.1) is 5.92 Å². The number of anilines is 1. The quantitative estimate of drug-likeness (QED) is 0.207. The number of nitrogens with one attached hydrogen (secondary N) is 1. The molecule has 3 aliphatic heterocycles. The number of fused-ring (bicyclic) bond motifs is 5. The second kappa shape index (κ2) is 18.4. The molecule has 0 radical (unpaired) electrons. The van der Waals surface area contributed by atoms with Crippen molar-refractivity contribution in [1.29, 1.82) is 0 Å². The van der Waals surface area contributed by atoms with Gasteiger partial charge in [0.1, 0.15) is 30.0 Å². The number of hydrogen-bond acceptors (Lipinski definition) is 11. The molecule has 1 aromatic carbocycles. The summed E-state index contributed by atoms with van der Waals surface area (Å²) in [5.74, 6) is -1.91. The van der Waals surface area contributed by atoms with Crippen molar-refractivity contribution >= 4 is 52.9 Å². The molecule has 9 atom stereocenters. The lowest BCUT2D eigenvalue weighted by atomic mass is 9.83. The molecule has 4 bridgehead atoms. The molecule has 0 saturated carbocycles. The molecule has 13 nitrogen and oxygen atoms in total. The van der Waals surface area contributed by atoms with Gasteiger partial charge >= 0.3 is 12.1 Å². The molecular formula is C40H58ClN3O10S. The number of ether oxygens (including phenoxy) is 4. The molecule has 1 aromatic rings. The maximum atomic E-state index is 14.2.